The molecule has 3 N–H and O–H groups in total. The van der Waals surface area contributed by atoms with Crippen molar-refractivity contribution in [3.8, 4) is 0 Å². The fourth-order valence-corrected chi connectivity index (χ4v) is 2.60. The number of hydrogen-bond acceptors (Lipinski definition) is 4. The van der Waals surface area contributed by atoms with Crippen LogP contribution in [0.5, 0.6) is 0 Å². The van der Waals surface area contributed by atoms with Crippen LogP contribution in [-0.4, -0.2) is 29.7 Å². The summed E-state index contributed by atoms with van der Waals surface area (Å²) in [5.74, 6) is 0.671. The zero-order valence-corrected chi connectivity index (χ0v) is 15.5. The van der Waals surface area contributed by atoms with Crippen molar-refractivity contribution in [1.82, 2.24) is 21.1 Å². The van der Waals surface area contributed by atoms with Crippen LogP contribution >= 0.6 is 0 Å². The molecule has 1 aromatic heterocycles. The molecule has 0 fully saturated rings. The van der Waals surface area contributed by atoms with Crippen LogP contribution in [0.3, 0.4) is 0 Å². The number of urea groups is 1. The molecule has 0 aliphatic heterocycles. The Labute approximate surface area is 153 Å². The van der Waals surface area contributed by atoms with E-state index in [-0.39, 0.29) is 30.9 Å². The number of nitrogens with one attached hydrogen (secondary N) is 3. The second-order valence-corrected chi connectivity index (χ2v) is 6.32. The number of carbonyl (C=O) groups excluding carboxylic acids is 2. The third-order valence-corrected chi connectivity index (χ3v) is 4.04. The molecule has 26 heavy (non-hydrogen) atoms. The van der Waals surface area contributed by atoms with E-state index in [0.717, 1.165) is 22.6 Å². The molecule has 0 spiro atoms. The Morgan fingerprint density at radius 3 is 2.54 bits per heavy atom. The monoisotopic (exact) mass is 358 g/mol. The average molecular weight is 358 g/mol. The molecule has 1 unspecified atom stereocenters. The van der Waals surface area contributed by atoms with Gasteiger partial charge in [0.25, 0.3) is 0 Å². The molecule has 0 aliphatic carbocycles. The Kier molecular flexibility index (Phi) is 7.20. The van der Waals surface area contributed by atoms with Gasteiger partial charge in [-0.2, -0.15) is 0 Å². The highest BCUT2D eigenvalue weighted by molar-refractivity contribution is 5.78. The normalized spacial score (nSPS) is 11.7. The molecule has 0 radical (unpaired) electrons. The van der Waals surface area contributed by atoms with E-state index in [9.17, 15) is 9.59 Å². The van der Waals surface area contributed by atoms with Gasteiger partial charge in [-0.25, -0.2) is 4.79 Å². The largest absolute Gasteiger partial charge is 0.361 e. The van der Waals surface area contributed by atoms with Crippen molar-refractivity contribution in [1.29, 1.82) is 0 Å². The first-order valence-corrected chi connectivity index (χ1v) is 8.72. The first-order chi connectivity index (χ1) is 12.5. The summed E-state index contributed by atoms with van der Waals surface area (Å²) in [6.07, 6.45) is 0.880. The summed E-state index contributed by atoms with van der Waals surface area (Å²) in [5, 5.41) is 12.3. The molecular weight excluding hydrogens is 332 g/mol. The van der Waals surface area contributed by atoms with Gasteiger partial charge in [0.1, 0.15) is 5.76 Å². The van der Waals surface area contributed by atoms with Crippen molar-refractivity contribution < 1.29 is 14.1 Å². The molecule has 7 heteroatoms. The summed E-state index contributed by atoms with van der Waals surface area (Å²) < 4.78 is 5.12. The maximum Gasteiger partial charge on any atom is 0.315 e. The van der Waals surface area contributed by atoms with Crippen molar-refractivity contribution in [2.24, 2.45) is 0 Å². The maximum atomic E-state index is 11.9. The second-order valence-electron chi connectivity index (χ2n) is 6.32. The molecule has 140 valence electrons. The second kappa shape index (κ2) is 9.60. The fraction of sp³-hybridized carbons (Fsp3) is 0.421. The van der Waals surface area contributed by atoms with Gasteiger partial charge in [0.05, 0.1) is 5.69 Å². The highest BCUT2D eigenvalue weighted by Gasteiger charge is 2.14. The molecule has 0 aliphatic rings. The van der Waals surface area contributed by atoms with Crippen molar-refractivity contribution in [3.63, 3.8) is 0 Å². The first kappa shape index (κ1) is 19.5. The number of benzene rings is 1. The number of hydrogen-bond donors (Lipinski definition) is 3. The molecule has 0 saturated carbocycles. The minimum absolute atomic E-state index is 0.0706. The lowest BCUT2D eigenvalue weighted by molar-refractivity contribution is -0.121. The standard InChI is InChI=1S/C19H26N4O3/c1-13(11-17-14(2)23-26-15(17)3)22-19(25)20-10-9-18(24)21-12-16-7-5-4-6-8-16/h4-8,13H,9-12H2,1-3H3,(H,21,24)(H2,20,22,25). The Balaban J connectivity index is 1.63. The van der Waals surface area contributed by atoms with Gasteiger partial charge < -0.3 is 20.5 Å². The maximum absolute atomic E-state index is 11.9. The van der Waals surface area contributed by atoms with Gasteiger partial charge in [-0.3, -0.25) is 4.79 Å². The summed E-state index contributed by atoms with van der Waals surface area (Å²) in [5.41, 5.74) is 2.89. The summed E-state index contributed by atoms with van der Waals surface area (Å²) in [6.45, 7) is 6.42. The lowest BCUT2D eigenvalue weighted by Gasteiger charge is -2.14. The predicted molar refractivity (Wildman–Crippen MR) is 98.6 cm³/mol. The zero-order chi connectivity index (χ0) is 18.9. The molecule has 3 amide bonds. The van der Waals surface area contributed by atoms with Gasteiger partial charge >= 0.3 is 6.03 Å². The predicted octanol–water partition coefficient (Wildman–Crippen LogP) is 2.23. The molecule has 0 saturated heterocycles. The number of amides is 3. The topological polar surface area (TPSA) is 96.3 Å². The number of rotatable bonds is 8. The van der Waals surface area contributed by atoms with Crippen LogP contribution in [0.1, 0.15) is 35.9 Å². The van der Waals surface area contributed by atoms with Crippen LogP contribution in [0.15, 0.2) is 34.9 Å². The van der Waals surface area contributed by atoms with E-state index in [1.54, 1.807) is 0 Å². The zero-order valence-electron chi connectivity index (χ0n) is 15.5. The van der Waals surface area contributed by atoms with Crippen molar-refractivity contribution >= 4 is 11.9 Å². The molecule has 2 rings (SSSR count). The average Bonchev–Trinajstić information content (AvgIpc) is 2.92. The lowest BCUT2D eigenvalue weighted by atomic mass is 10.1. The Hall–Kier alpha value is -2.83. The third kappa shape index (κ3) is 6.23. The number of nitrogens with zero attached hydrogens (tertiary/aromatic N) is 1. The van der Waals surface area contributed by atoms with Gasteiger partial charge in [0.2, 0.25) is 5.91 Å². The fourth-order valence-electron chi connectivity index (χ4n) is 2.60. The number of aromatic nitrogens is 1. The van der Waals surface area contributed by atoms with Crippen molar-refractivity contribution in [2.75, 3.05) is 6.54 Å². The minimum atomic E-state index is -0.292. The Bertz CT molecular complexity index is 708. The molecule has 0 bridgehead atoms. The Morgan fingerprint density at radius 2 is 1.88 bits per heavy atom. The van der Waals surface area contributed by atoms with E-state index in [0.29, 0.717) is 13.0 Å². The van der Waals surface area contributed by atoms with E-state index >= 15 is 0 Å². The van der Waals surface area contributed by atoms with E-state index in [1.807, 2.05) is 51.1 Å². The minimum Gasteiger partial charge on any atom is -0.361 e. The summed E-state index contributed by atoms with van der Waals surface area (Å²) >= 11 is 0. The quantitative estimate of drug-likeness (QED) is 0.674. The van der Waals surface area contributed by atoms with Crippen LogP contribution < -0.4 is 16.0 Å². The summed E-state index contributed by atoms with van der Waals surface area (Å²) in [4.78, 5) is 23.7. The molecule has 2 aromatic rings. The summed E-state index contributed by atoms with van der Waals surface area (Å²) in [6, 6.07) is 9.33. The first-order valence-electron chi connectivity index (χ1n) is 8.72. The van der Waals surface area contributed by atoms with Gasteiger partial charge in [-0.1, -0.05) is 35.5 Å². The van der Waals surface area contributed by atoms with Gasteiger partial charge in [-0.15, -0.1) is 0 Å². The Morgan fingerprint density at radius 1 is 1.15 bits per heavy atom. The van der Waals surface area contributed by atoms with E-state index in [1.165, 1.54) is 0 Å². The van der Waals surface area contributed by atoms with E-state index < -0.39 is 0 Å². The van der Waals surface area contributed by atoms with Crippen LogP contribution in [0.2, 0.25) is 0 Å². The van der Waals surface area contributed by atoms with Gasteiger partial charge in [0, 0.05) is 31.1 Å². The van der Waals surface area contributed by atoms with Crippen LogP contribution in [0, 0.1) is 13.8 Å². The van der Waals surface area contributed by atoms with E-state index in [2.05, 4.69) is 21.1 Å². The van der Waals surface area contributed by atoms with Crippen LogP contribution in [0.4, 0.5) is 4.79 Å². The van der Waals surface area contributed by atoms with Crippen LogP contribution in [-0.2, 0) is 17.8 Å². The molecule has 7 nitrogen and oxygen atoms in total. The highest BCUT2D eigenvalue weighted by Crippen LogP contribution is 2.14. The van der Waals surface area contributed by atoms with E-state index in [4.69, 9.17) is 4.52 Å². The van der Waals surface area contributed by atoms with Gasteiger partial charge in [0.15, 0.2) is 0 Å². The lowest BCUT2D eigenvalue weighted by Crippen LogP contribution is -2.42. The molecular formula is C19H26N4O3. The summed E-state index contributed by atoms with van der Waals surface area (Å²) in [7, 11) is 0. The van der Waals surface area contributed by atoms with Gasteiger partial charge in [-0.05, 0) is 32.8 Å². The number of carbonyl (C=O) groups is 2. The van der Waals surface area contributed by atoms with Crippen LogP contribution in [0.25, 0.3) is 0 Å². The third-order valence-electron chi connectivity index (χ3n) is 4.04. The molecule has 1 heterocycles. The smallest absolute Gasteiger partial charge is 0.315 e. The van der Waals surface area contributed by atoms with Crippen molar-refractivity contribution in [2.45, 2.75) is 46.2 Å². The number of aryl methyl sites for hydroxylation is 2. The molecule has 1 aromatic carbocycles. The SMILES string of the molecule is Cc1noc(C)c1CC(C)NC(=O)NCCC(=O)NCc1ccccc1. The molecule has 1 atom stereocenters. The highest BCUT2D eigenvalue weighted by atomic mass is 16.5. The van der Waals surface area contributed by atoms with Crippen molar-refractivity contribution in [3.05, 3.63) is 52.9 Å².